The summed E-state index contributed by atoms with van der Waals surface area (Å²) < 4.78 is 6.31. The Morgan fingerprint density at radius 2 is 1.69 bits per heavy atom. The van der Waals surface area contributed by atoms with Crippen LogP contribution in [0.5, 0.6) is 11.5 Å². The maximum absolute atomic E-state index is 13.0. The lowest BCUT2D eigenvalue weighted by atomic mass is 9.99. The van der Waals surface area contributed by atoms with Crippen molar-refractivity contribution in [2.24, 2.45) is 0 Å². The van der Waals surface area contributed by atoms with Crippen LogP contribution in [0.2, 0.25) is 0 Å². The number of fused-ring (bicyclic) bond motifs is 2. The van der Waals surface area contributed by atoms with Crippen molar-refractivity contribution in [3.05, 3.63) is 78.1 Å². The zero-order valence-electron chi connectivity index (χ0n) is 22.0. The van der Waals surface area contributed by atoms with Crippen molar-refractivity contribution in [1.29, 1.82) is 0 Å². The molecule has 0 spiro atoms. The predicted octanol–water partition coefficient (Wildman–Crippen LogP) is 6.50. The van der Waals surface area contributed by atoms with Gasteiger partial charge in [0.1, 0.15) is 0 Å². The van der Waals surface area contributed by atoms with E-state index in [-0.39, 0.29) is 5.91 Å². The number of amides is 1. The first kappa shape index (κ1) is 25.7. The first-order valence-electron chi connectivity index (χ1n) is 13.3. The number of aromatic nitrogens is 1. The van der Waals surface area contributed by atoms with Crippen LogP contribution in [0.1, 0.15) is 56.5 Å². The maximum atomic E-state index is 13.0. The van der Waals surface area contributed by atoms with Gasteiger partial charge in [-0.1, -0.05) is 32.0 Å². The molecule has 0 saturated carbocycles. The molecule has 2 aromatic carbocycles. The molecule has 36 heavy (non-hydrogen) atoms. The second-order valence-electron chi connectivity index (χ2n) is 8.97. The summed E-state index contributed by atoms with van der Waals surface area (Å²) >= 11 is 0. The number of hydrogen-bond donors (Lipinski definition) is 0. The Hall–Kier alpha value is -3.38. The maximum Gasteiger partial charge on any atom is 0.253 e. The van der Waals surface area contributed by atoms with Crippen molar-refractivity contribution < 1.29 is 9.53 Å². The molecule has 0 bridgehead atoms. The number of piperidine rings is 1. The van der Waals surface area contributed by atoms with Gasteiger partial charge >= 0.3 is 0 Å². The van der Waals surface area contributed by atoms with E-state index >= 15 is 0 Å². The summed E-state index contributed by atoms with van der Waals surface area (Å²) in [5.41, 5.74) is 4.07. The first-order chi connectivity index (χ1) is 17.7. The molecule has 2 aliphatic heterocycles. The van der Waals surface area contributed by atoms with E-state index in [2.05, 4.69) is 39.0 Å². The van der Waals surface area contributed by atoms with Gasteiger partial charge in [0.15, 0.2) is 11.5 Å². The van der Waals surface area contributed by atoms with E-state index in [1.54, 1.807) is 0 Å². The molecule has 6 heteroatoms. The summed E-state index contributed by atoms with van der Waals surface area (Å²) in [6.45, 7) is 12.4. The fourth-order valence-corrected chi connectivity index (χ4v) is 5.09. The lowest BCUT2D eigenvalue weighted by Gasteiger charge is -2.42. The van der Waals surface area contributed by atoms with Crippen LogP contribution in [0.3, 0.4) is 0 Å². The topological polar surface area (TPSA) is 48.9 Å². The molecule has 0 aliphatic carbocycles. The number of rotatable bonds is 6. The minimum absolute atomic E-state index is 0.0468. The van der Waals surface area contributed by atoms with Gasteiger partial charge in [0, 0.05) is 56.7 Å². The third-order valence-corrected chi connectivity index (χ3v) is 6.91. The summed E-state index contributed by atoms with van der Waals surface area (Å²) in [7, 11) is 0. The molecule has 0 N–H and O–H groups in total. The zero-order valence-corrected chi connectivity index (χ0v) is 22.0. The minimum Gasteiger partial charge on any atom is -0.453 e. The number of nitrogens with zero attached hydrogens (tertiary/aromatic N) is 4. The molecular formula is C30H38N4O2. The Morgan fingerprint density at radius 1 is 0.972 bits per heavy atom. The molecule has 3 heterocycles. The molecule has 1 amide bonds. The average Bonchev–Trinajstić information content (AvgIpc) is 2.94. The van der Waals surface area contributed by atoms with Gasteiger partial charge in [0.2, 0.25) is 0 Å². The van der Waals surface area contributed by atoms with Crippen LogP contribution in [0.4, 0.5) is 11.4 Å². The van der Waals surface area contributed by atoms with Crippen molar-refractivity contribution in [1.82, 2.24) is 14.8 Å². The third-order valence-electron chi connectivity index (χ3n) is 6.91. The molecule has 3 aromatic rings. The van der Waals surface area contributed by atoms with Gasteiger partial charge in [-0.25, -0.2) is 0 Å². The lowest BCUT2D eigenvalue weighted by Crippen LogP contribution is -2.43. The lowest BCUT2D eigenvalue weighted by molar-refractivity contribution is 0.0772. The summed E-state index contributed by atoms with van der Waals surface area (Å²) in [5, 5.41) is 0. The Labute approximate surface area is 215 Å². The quantitative estimate of drug-likeness (QED) is 0.398. The predicted molar refractivity (Wildman–Crippen MR) is 146 cm³/mol. The number of benzene rings is 2. The number of para-hydroxylation sites is 2. The number of anilines is 2. The highest BCUT2D eigenvalue weighted by Gasteiger charge is 2.33. The van der Waals surface area contributed by atoms with Gasteiger partial charge < -0.3 is 14.5 Å². The van der Waals surface area contributed by atoms with E-state index in [0.29, 0.717) is 24.7 Å². The first-order valence-corrected chi connectivity index (χ1v) is 13.3. The summed E-state index contributed by atoms with van der Waals surface area (Å²) in [4.78, 5) is 24.0. The van der Waals surface area contributed by atoms with Crippen molar-refractivity contribution in [2.45, 2.75) is 53.1 Å². The molecule has 1 fully saturated rings. The van der Waals surface area contributed by atoms with Gasteiger partial charge in [-0.05, 0) is 68.7 Å². The molecule has 2 aliphatic rings. The number of carbonyl (C=O) groups excluding carboxylic acids is 1. The SMILES string of the molecule is CC.CCN(CC)C(=O)c1ccc2c(c1)Oc1ccccc1N2C1CCN(Cc2cccnc2)CC1. The van der Waals surface area contributed by atoms with E-state index in [9.17, 15) is 4.79 Å². The van der Waals surface area contributed by atoms with Gasteiger partial charge in [-0.2, -0.15) is 0 Å². The fraction of sp³-hybridized carbons (Fsp3) is 0.400. The average molecular weight is 487 g/mol. The van der Waals surface area contributed by atoms with Gasteiger partial charge in [-0.15, -0.1) is 0 Å². The van der Waals surface area contributed by atoms with Crippen LogP contribution in [-0.2, 0) is 6.54 Å². The van der Waals surface area contributed by atoms with E-state index in [1.807, 2.05) is 75.3 Å². The van der Waals surface area contributed by atoms with Crippen molar-refractivity contribution in [3.63, 3.8) is 0 Å². The minimum atomic E-state index is 0.0468. The van der Waals surface area contributed by atoms with Crippen molar-refractivity contribution in [3.8, 4) is 11.5 Å². The third kappa shape index (κ3) is 5.39. The molecule has 1 saturated heterocycles. The second-order valence-corrected chi connectivity index (χ2v) is 8.97. The summed E-state index contributed by atoms with van der Waals surface area (Å²) in [5.74, 6) is 1.65. The summed E-state index contributed by atoms with van der Waals surface area (Å²) in [6, 6.07) is 18.7. The Bertz CT molecular complexity index is 1140. The van der Waals surface area contributed by atoms with Gasteiger partial charge in [0.25, 0.3) is 5.91 Å². The Balaban J connectivity index is 0.00000148. The van der Waals surface area contributed by atoms with E-state index in [1.165, 1.54) is 5.56 Å². The molecule has 0 atom stereocenters. The molecule has 190 valence electrons. The molecule has 1 aromatic heterocycles. The van der Waals surface area contributed by atoms with Crippen LogP contribution < -0.4 is 9.64 Å². The van der Waals surface area contributed by atoms with Crippen LogP contribution in [0, 0.1) is 0 Å². The monoisotopic (exact) mass is 486 g/mol. The highest BCUT2D eigenvalue weighted by Crippen LogP contribution is 2.49. The number of carbonyl (C=O) groups is 1. The number of likely N-dealkylation sites (tertiary alicyclic amines) is 1. The molecule has 6 nitrogen and oxygen atoms in total. The van der Waals surface area contributed by atoms with Crippen LogP contribution in [0.25, 0.3) is 0 Å². The number of hydrogen-bond acceptors (Lipinski definition) is 5. The van der Waals surface area contributed by atoms with Crippen LogP contribution >= 0.6 is 0 Å². The molecular weight excluding hydrogens is 448 g/mol. The van der Waals surface area contributed by atoms with Crippen molar-refractivity contribution in [2.75, 3.05) is 31.1 Å². The van der Waals surface area contributed by atoms with Crippen molar-refractivity contribution >= 4 is 17.3 Å². The normalized spacial score (nSPS) is 15.2. The largest absolute Gasteiger partial charge is 0.453 e. The number of pyridine rings is 1. The molecule has 5 rings (SSSR count). The van der Waals surface area contributed by atoms with Crippen LogP contribution in [-0.4, -0.2) is 52.9 Å². The second kappa shape index (κ2) is 12.0. The van der Waals surface area contributed by atoms with E-state index in [4.69, 9.17) is 4.74 Å². The molecule has 0 radical (unpaired) electrons. The highest BCUT2D eigenvalue weighted by atomic mass is 16.5. The Kier molecular flexibility index (Phi) is 8.60. The van der Waals surface area contributed by atoms with E-state index in [0.717, 1.165) is 55.3 Å². The highest BCUT2D eigenvalue weighted by molar-refractivity contribution is 5.96. The molecule has 0 unspecified atom stereocenters. The van der Waals surface area contributed by atoms with Gasteiger partial charge in [0.05, 0.1) is 11.4 Å². The number of ether oxygens (including phenoxy) is 1. The van der Waals surface area contributed by atoms with E-state index < -0.39 is 0 Å². The summed E-state index contributed by atoms with van der Waals surface area (Å²) in [6.07, 6.45) is 5.91. The Morgan fingerprint density at radius 3 is 2.39 bits per heavy atom. The van der Waals surface area contributed by atoms with Gasteiger partial charge in [-0.3, -0.25) is 14.7 Å². The standard InChI is InChI=1S/C28H32N4O2.C2H6/c1-3-31(4-2)28(33)22-11-12-25-27(18-22)34-26-10-6-5-9-24(26)32(25)23-13-16-30(17-14-23)20-21-8-7-15-29-19-21;1-2/h5-12,15,18-19,23H,3-4,13-14,16-17,20H2,1-2H3;1-2H3. The zero-order chi connectivity index (χ0) is 25.5. The fourth-order valence-electron chi connectivity index (χ4n) is 5.09. The smallest absolute Gasteiger partial charge is 0.253 e. The van der Waals surface area contributed by atoms with Crippen LogP contribution in [0.15, 0.2) is 67.0 Å².